The molecule has 20 heavy (non-hydrogen) atoms. The summed E-state index contributed by atoms with van der Waals surface area (Å²) >= 11 is 0. The Labute approximate surface area is 115 Å². The molecule has 0 aliphatic carbocycles. The predicted molar refractivity (Wildman–Crippen MR) is 70.2 cm³/mol. The third kappa shape index (κ3) is 2.71. The van der Waals surface area contributed by atoms with Crippen molar-refractivity contribution in [3.63, 3.8) is 0 Å². The quantitative estimate of drug-likeness (QED) is 0.680. The molecule has 6 nitrogen and oxygen atoms in total. The van der Waals surface area contributed by atoms with E-state index in [0.717, 1.165) is 24.6 Å². The van der Waals surface area contributed by atoms with Gasteiger partial charge in [-0.1, -0.05) is 6.92 Å². The van der Waals surface area contributed by atoms with E-state index in [-0.39, 0.29) is 17.3 Å². The molecule has 1 aromatic rings. The normalized spacial score (nSPS) is 22.6. The highest BCUT2D eigenvalue weighted by atomic mass is 19.1. The van der Waals surface area contributed by atoms with Crippen molar-refractivity contribution >= 4 is 17.3 Å². The van der Waals surface area contributed by atoms with Gasteiger partial charge in [-0.15, -0.1) is 0 Å². The van der Waals surface area contributed by atoms with Gasteiger partial charge in [-0.3, -0.25) is 10.1 Å². The lowest BCUT2D eigenvalue weighted by atomic mass is 9.92. The van der Waals surface area contributed by atoms with Gasteiger partial charge in [0.05, 0.1) is 4.92 Å². The van der Waals surface area contributed by atoms with E-state index in [2.05, 4.69) is 0 Å². The summed E-state index contributed by atoms with van der Waals surface area (Å²) in [6.45, 7) is 2.30. The van der Waals surface area contributed by atoms with Gasteiger partial charge in [0.15, 0.2) is 0 Å². The number of aliphatic carboxylic acids is 1. The second-order valence-electron chi connectivity index (χ2n) is 5.07. The summed E-state index contributed by atoms with van der Waals surface area (Å²) in [5.74, 6) is -1.44. The lowest BCUT2D eigenvalue weighted by molar-refractivity contribution is -0.384. The molecule has 1 aromatic carbocycles. The summed E-state index contributed by atoms with van der Waals surface area (Å²) in [6, 6.07) is 2.24. The van der Waals surface area contributed by atoms with Crippen LogP contribution in [0, 0.1) is 21.8 Å². The Morgan fingerprint density at radius 1 is 1.55 bits per heavy atom. The Morgan fingerprint density at radius 3 is 2.85 bits per heavy atom. The van der Waals surface area contributed by atoms with Gasteiger partial charge in [0.25, 0.3) is 5.69 Å². The number of carboxylic acids is 1. The van der Waals surface area contributed by atoms with E-state index in [1.807, 2.05) is 6.92 Å². The van der Waals surface area contributed by atoms with E-state index in [1.54, 1.807) is 0 Å². The van der Waals surface area contributed by atoms with Crippen LogP contribution in [0.2, 0.25) is 0 Å². The highest BCUT2D eigenvalue weighted by Crippen LogP contribution is 2.34. The summed E-state index contributed by atoms with van der Waals surface area (Å²) in [4.78, 5) is 23.2. The van der Waals surface area contributed by atoms with Gasteiger partial charge >= 0.3 is 5.97 Å². The molecular formula is C13H15FN2O4. The first-order valence-electron chi connectivity index (χ1n) is 6.33. The molecule has 1 fully saturated rings. The summed E-state index contributed by atoms with van der Waals surface area (Å²) in [5, 5.41) is 20.3. The van der Waals surface area contributed by atoms with Crippen LogP contribution >= 0.6 is 0 Å². The van der Waals surface area contributed by atoms with Crippen molar-refractivity contribution in [1.29, 1.82) is 0 Å². The van der Waals surface area contributed by atoms with Crippen LogP contribution in [-0.2, 0) is 4.79 Å². The van der Waals surface area contributed by atoms with Crippen LogP contribution in [0.5, 0.6) is 0 Å². The van der Waals surface area contributed by atoms with Gasteiger partial charge in [0, 0.05) is 18.7 Å². The highest BCUT2D eigenvalue weighted by Gasteiger charge is 2.35. The molecule has 0 aromatic heterocycles. The van der Waals surface area contributed by atoms with Crippen LogP contribution in [0.4, 0.5) is 15.8 Å². The van der Waals surface area contributed by atoms with Gasteiger partial charge in [-0.25, -0.2) is 9.18 Å². The molecule has 1 aliphatic rings. The molecule has 1 heterocycles. The van der Waals surface area contributed by atoms with E-state index in [0.29, 0.717) is 13.0 Å². The van der Waals surface area contributed by atoms with Crippen molar-refractivity contribution < 1.29 is 19.2 Å². The minimum Gasteiger partial charge on any atom is -0.480 e. The maximum atomic E-state index is 13.4. The summed E-state index contributed by atoms with van der Waals surface area (Å²) in [7, 11) is 0. The zero-order valence-corrected chi connectivity index (χ0v) is 11.0. The zero-order chi connectivity index (χ0) is 14.9. The number of nitrogens with zero attached hydrogens (tertiary/aromatic N) is 2. The molecule has 1 N–H and O–H groups in total. The Bertz CT molecular complexity index is 549. The number of benzene rings is 1. The van der Waals surface area contributed by atoms with Crippen molar-refractivity contribution in [2.24, 2.45) is 5.92 Å². The molecule has 7 heteroatoms. The SMILES string of the molecule is CC1CCN(c2cc(F)ccc2[N+](=O)[O-])C(C(=O)O)C1. The molecule has 0 bridgehead atoms. The third-order valence-corrected chi connectivity index (χ3v) is 3.59. The fraction of sp³-hybridized carbons (Fsp3) is 0.462. The average molecular weight is 282 g/mol. The topological polar surface area (TPSA) is 83.7 Å². The van der Waals surface area contributed by atoms with Gasteiger partial charge in [-0.05, 0) is 24.8 Å². The minimum atomic E-state index is -1.05. The van der Waals surface area contributed by atoms with E-state index < -0.39 is 22.8 Å². The number of anilines is 1. The Hall–Kier alpha value is -2.18. The monoisotopic (exact) mass is 282 g/mol. The van der Waals surface area contributed by atoms with Crippen molar-refractivity contribution in [2.75, 3.05) is 11.4 Å². The van der Waals surface area contributed by atoms with Crippen molar-refractivity contribution in [2.45, 2.75) is 25.8 Å². The maximum Gasteiger partial charge on any atom is 0.326 e. The van der Waals surface area contributed by atoms with E-state index in [4.69, 9.17) is 0 Å². The first kappa shape index (κ1) is 14.2. The van der Waals surface area contributed by atoms with Crippen LogP contribution < -0.4 is 4.90 Å². The Kier molecular flexibility index (Phi) is 3.87. The Balaban J connectivity index is 2.45. The lowest BCUT2D eigenvalue weighted by Crippen LogP contribution is -2.47. The molecule has 2 rings (SSSR count). The Morgan fingerprint density at radius 2 is 2.25 bits per heavy atom. The smallest absolute Gasteiger partial charge is 0.326 e. The summed E-state index contributed by atoms with van der Waals surface area (Å²) in [6.07, 6.45) is 1.11. The van der Waals surface area contributed by atoms with Crippen molar-refractivity contribution in [3.05, 3.63) is 34.1 Å². The van der Waals surface area contributed by atoms with Crippen LogP contribution in [0.15, 0.2) is 18.2 Å². The third-order valence-electron chi connectivity index (χ3n) is 3.59. The molecular weight excluding hydrogens is 267 g/mol. The second-order valence-corrected chi connectivity index (χ2v) is 5.07. The van der Waals surface area contributed by atoms with Crippen molar-refractivity contribution in [3.8, 4) is 0 Å². The molecule has 1 saturated heterocycles. The number of hydrogen-bond donors (Lipinski definition) is 1. The minimum absolute atomic E-state index is 0.0364. The molecule has 1 aliphatic heterocycles. The standard InChI is InChI=1S/C13H15FN2O4/c1-8-4-5-15(12(6-8)13(17)18)11-7-9(14)2-3-10(11)16(19)20/h2-3,7-8,12H,4-6H2,1H3,(H,17,18). The van der Waals surface area contributed by atoms with E-state index in [1.165, 1.54) is 4.90 Å². The van der Waals surface area contributed by atoms with E-state index in [9.17, 15) is 24.4 Å². The first-order chi connectivity index (χ1) is 9.40. The molecule has 108 valence electrons. The highest BCUT2D eigenvalue weighted by molar-refractivity contribution is 5.80. The number of piperidine rings is 1. The number of rotatable bonds is 3. The van der Waals surface area contributed by atoms with Gasteiger partial charge in [0.1, 0.15) is 17.5 Å². The zero-order valence-electron chi connectivity index (χ0n) is 11.0. The molecule has 0 amide bonds. The number of halogens is 1. The average Bonchev–Trinajstić information content (AvgIpc) is 2.38. The fourth-order valence-electron chi connectivity index (χ4n) is 2.55. The van der Waals surface area contributed by atoms with E-state index >= 15 is 0 Å². The first-order valence-corrected chi connectivity index (χ1v) is 6.33. The molecule has 2 atom stereocenters. The number of hydrogen-bond acceptors (Lipinski definition) is 4. The summed E-state index contributed by atoms with van der Waals surface area (Å²) in [5.41, 5.74) is -0.235. The maximum absolute atomic E-state index is 13.4. The summed E-state index contributed by atoms with van der Waals surface area (Å²) < 4.78 is 13.4. The molecule has 0 saturated carbocycles. The molecule has 0 radical (unpaired) electrons. The predicted octanol–water partition coefficient (Wildman–Crippen LogP) is 2.42. The van der Waals surface area contributed by atoms with Crippen LogP contribution in [0.25, 0.3) is 0 Å². The van der Waals surface area contributed by atoms with Gasteiger partial charge < -0.3 is 10.0 Å². The van der Waals surface area contributed by atoms with Gasteiger partial charge in [-0.2, -0.15) is 0 Å². The van der Waals surface area contributed by atoms with Crippen molar-refractivity contribution in [1.82, 2.24) is 0 Å². The van der Waals surface area contributed by atoms with Crippen LogP contribution in [0.1, 0.15) is 19.8 Å². The fourth-order valence-corrected chi connectivity index (χ4v) is 2.55. The number of carbonyl (C=O) groups is 1. The van der Waals surface area contributed by atoms with Gasteiger partial charge in [0.2, 0.25) is 0 Å². The largest absolute Gasteiger partial charge is 0.480 e. The number of nitro benzene ring substituents is 1. The lowest BCUT2D eigenvalue weighted by Gasteiger charge is -2.37. The van der Waals surface area contributed by atoms with Crippen LogP contribution in [0.3, 0.4) is 0 Å². The second kappa shape index (κ2) is 5.44. The van der Waals surface area contributed by atoms with Crippen LogP contribution in [-0.4, -0.2) is 28.6 Å². The number of carboxylic acid groups (broad SMARTS) is 1. The molecule has 0 spiro atoms. The molecule has 2 unspecified atom stereocenters. The number of nitro groups is 1.